The summed E-state index contributed by atoms with van der Waals surface area (Å²) in [5, 5.41) is 3.42. The van der Waals surface area contributed by atoms with Crippen LogP contribution >= 0.6 is 12.4 Å². The Balaban J connectivity index is 0.00000312. The molecule has 2 heterocycles. The molecule has 2 aliphatic heterocycles. The average Bonchev–Trinajstić information content (AvgIpc) is 2.61. The number of likely N-dealkylation sites (tertiary alicyclic amines) is 1. The first-order valence-corrected chi connectivity index (χ1v) is 10.9. The molecule has 0 radical (unpaired) electrons. The number of nitrogens with zero attached hydrogens (tertiary/aromatic N) is 2. The largest absolute Gasteiger partial charge is 0.343 e. The summed E-state index contributed by atoms with van der Waals surface area (Å²) in [5.74, 6) is 1.37. The van der Waals surface area contributed by atoms with Gasteiger partial charge in [-0.3, -0.25) is 4.79 Å². The molecular weight excluding hydrogens is 362 g/mol. The molecular formula is C17H34ClN3O3S. The van der Waals surface area contributed by atoms with Crippen LogP contribution < -0.4 is 5.32 Å². The number of halogens is 1. The van der Waals surface area contributed by atoms with Gasteiger partial charge in [0, 0.05) is 32.6 Å². The third-order valence-electron chi connectivity index (χ3n) is 5.77. The smallest absolute Gasteiger partial charge is 0.222 e. The zero-order valence-electron chi connectivity index (χ0n) is 15.7. The summed E-state index contributed by atoms with van der Waals surface area (Å²) in [7, 11) is -1.48. The highest BCUT2D eigenvalue weighted by molar-refractivity contribution is 7.89. The van der Waals surface area contributed by atoms with E-state index in [1.165, 1.54) is 17.1 Å². The molecule has 1 N–H and O–H groups in total. The zero-order chi connectivity index (χ0) is 17.7. The predicted molar refractivity (Wildman–Crippen MR) is 103 cm³/mol. The molecule has 148 valence electrons. The molecule has 0 bridgehead atoms. The fourth-order valence-corrected chi connectivity index (χ4v) is 4.92. The maximum absolute atomic E-state index is 12.6. The molecule has 2 fully saturated rings. The molecule has 2 aliphatic rings. The van der Waals surface area contributed by atoms with Gasteiger partial charge >= 0.3 is 0 Å². The standard InChI is InChI=1S/C17H33N3O3S.ClH/c1-4-24(22,23)19(3)16-7-10-20(11-8-16)17(21)12-14(2)15-6-5-9-18-13-15;/h14-16,18H,4-13H2,1-3H3;1H. The van der Waals surface area contributed by atoms with Crippen LogP contribution in [0.2, 0.25) is 0 Å². The normalized spacial score (nSPS) is 24.0. The lowest BCUT2D eigenvalue weighted by Crippen LogP contribution is -2.48. The molecule has 6 nitrogen and oxygen atoms in total. The Morgan fingerprint density at radius 1 is 1.28 bits per heavy atom. The Bertz CT molecular complexity index is 515. The van der Waals surface area contributed by atoms with Crippen LogP contribution in [0.15, 0.2) is 0 Å². The number of hydrogen-bond acceptors (Lipinski definition) is 4. The van der Waals surface area contributed by atoms with Crippen LogP contribution in [0.5, 0.6) is 0 Å². The van der Waals surface area contributed by atoms with Crippen molar-refractivity contribution < 1.29 is 13.2 Å². The lowest BCUT2D eigenvalue weighted by Gasteiger charge is -2.37. The van der Waals surface area contributed by atoms with Crippen molar-refractivity contribution in [2.24, 2.45) is 11.8 Å². The molecule has 0 aromatic heterocycles. The van der Waals surface area contributed by atoms with Gasteiger partial charge in [0.25, 0.3) is 0 Å². The van der Waals surface area contributed by atoms with Crippen LogP contribution in [0, 0.1) is 11.8 Å². The summed E-state index contributed by atoms with van der Waals surface area (Å²) in [6.45, 7) is 7.32. The number of amides is 1. The van der Waals surface area contributed by atoms with Crippen LogP contribution in [0.3, 0.4) is 0 Å². The van der Waals surface area contributed by atoms with Crippen LogP contribution in [-0.4, -0.2) is 68.6 Å². The summed E-state index contributed by atoms with van der Waals surface area (Å²) in [6.07, 6.45) is 4.50. The van der Waals surface area contributed by atoms with E-state index in [0.717, 1.165) is 25.9 Å². The van der Waals surface area contributed by atoms with Crippen molar-refractivity contribution in [1.82, 2.24) is 14.5 Å². The van der Waals surface area contributed by atoms with Gasteiger partial charge in [-0.15, -0.1) is 12.4 Å². The molecule has 2 saturated heterocycles. The predicted octanol–water partition coefficient (Wildman–Crippen LogP) is 1.71. The van der Waals surface area contributed by atoms with Gasteiger partial charge in [-0.05, 0) is 57.5 Å². The minimum absolute atomic E-state index is 0. The second-order valence-corrected chi connectivity index (χ2v) is 9.63. The van der Waals surface area contributed by atoms with Gasteiger partial charge in [0.2, 0.25) is 15.9 Å². The number of nitrogens with one attached hydrogen (secondary N) is 1. The van der Waals surface area contributed by atoms with Gasteiger partial charge in [-0.25, -0.2) is 12.7 Å². The van der Waals surface area contributed by atoms with Gasteiger partial charge in [0.1, 0.15) is 0 Å². The van der Waals surface area contributed by atoms with Crippen molar-refractivity contribution in [1.29, 1.82) is 0 Å². The van der Waals surface area contributed by atoms with E-state index in [0.29, 0.717) is 31.3 Å². The molecule has 2 rings (SSSR count). The van der Waals surface area contributed by atoms with E-state index in [-0.39, 0.29) is 30.1 Å². The highest BCUT2D eigenvalue weighted by Crippen LogP contribution is 2.25. The minimum Gasteiger partial charge on any atom is -0.343 e. The molecule has 0 aromatic rings. The lowest BCUT2D eigenvalue weighted by atomic mass is 9.85. The minimum atomic E-state index is -3.15. The summed E-state index contributed by atoms with van der Waals surface area (Å²) >= 11 is 0. The highest BCUT2D eigenvalue weighted by Gasteiger charge is 2.31. The number of sulfonamides is 1. The van der Waals surface area contributed by atoms with E-state index >= 15 is 0 Å². The number of rotatable bonds is 6. The quantitative estimate of drug-likeness (QED) is 0.743. The Morgan fingerprint density at radius 3 is 2.44 bits per heavy atom. The van der Waals surface area contributed by atoms with Gasteiger partial charge < -0.3 is 10.2 Å². The van der Waals surface area contributed by atoms with E-state index in [4.69, 9.17) is 0 Å². The topological polar surface area (TPSA) is 69.7 Å². The van der Waals surface area contributed by atoms with Crippen LogP contribution in [0.25, 0.3) is 0 Å². The molecule has 0 spiro atoms. The van der Waals surface area contributed by atoms with Crippen LogP contribution in [0.1, 0.15) is 46.0 Å². The number of piperidine rings is 2. The van der Waals surface area contributed by atoms with Crippen molar-refractivity contribution in [3.05, 3.63) is 0 Å². The number of carbonyl (C=O) groups excluding carboxylic acids is 1. The number of hydrogen-bond donors (Lipinski definition) is 1. The third kappa shape index (κ3) is 6.08. The van der Waals surface area contributed by atoms with E-state index < -0.39 is 10.0 Å². The molecule has 0 aromatic carbocycles. The first-order valence-electron chi connectivity index (χ1n) is 9.29. The summed E-state index contributed by atoms with van der Waals surface area (Å²) < 4.78 is 25.5. The fourth-order valence-electron chi connectivity index (χ4n) is 3.85. The summed E-state index contributed by atoms with van der Waals surface area (Å²) in [6, 6.07) is 0.0268. The Labute approximate surface area is 159 Å². The van der Waals surface area contributed by atoms with Crippen molar-refractivity contribution in [3.8, 4) is 0 Å². The summed E-state index contributed by atoms with van der Waals surface area (Å²) in [5.41, 5.74) is 0. The SMILES string of the molecule is CCS(=O)(=O)N(C)C1CCN(C(=O)CC(C)C2CCCNC2)CC1.Cl. The van der Waals surface area contributed by atoms with Crippen molar-refractivity contribution in [2.45, 2.75) is 52.0 Å². The Hall–Kier alpha value is -0.370. The Morgan fingerprint density at radius 2 is 1.92 bits per heavy atom. The van der Waals surface area contributed by atoms with Crippen molar-refractivity contribution >= 4 is 28.3 Å². The van der Waals surface area contributed by atoms with Crippen molar-refractivity contribution in [3.63, 3.8) is 0 Å². The molecule has 2 unspecified atom stereocenters. The van der Waals surface area contributed by atoms with Crippen molar-refractivity contribution in [2.75, 3.05) is 39.0 Å². The van der Waals surface area contributed by atoms with Crippen LogP contribution in [-0.2, 0) is 14.8 Å². The second-order valence-electron chi connectivity index (χ2n) is 7.32. The highest BCUT2D eigenvalue weighted by atomic mass is 35.5. The van der Waals surface area contributed by atoms with E-state index in [1.807, 2.05) is 4.90 Å². The van der Waals surface area contributed by atoms with E-state index in [9.17, 15) is 13.2 Å². The fraction of sp³-hybridized carbons (Fsp3) is 0.941. The van der Waals surface area contributed by atoms with Gasteiger partial charge in [0.05, 0.1) is 5.75 Å². The van der Waals surface area contributed by atoms with E-state index in [2.05, 4.69) is 12.2 Å². The number of carbonyl (C=O) groups is 1. The lowest BCUT2D eigenvalue weighted by molar-refractivity contribution is -0.133. The van der Waals surface area contributed by atoms with Gasteiger partial charge in [-0.1, -0.05) is 6.92 Å². The van der Waals surface area contributed by atoms with Gasteiger partial charge in [0.15, 0.2) is 0 Å². The van der Waals surface area contributed by atoms with Gasteiger partial charge in [-0.2, -0.15) is 0 Å². The maximum atomic E-state index is 12.6. The molecule has 25 heavy (non-hydrogen) atoms. The first kappa shape index (κ1) is 22.7. The average molecular weight is 396 g/mol. The Kier molecular flexibility index (Phi) is 9.15. The van der Waals surface area contributed by atoms with Crippen LogP contribution in [0.4, 0.5) is 0 Å². The molecule has 0 saturated carbocycles. The monoisotopic (exact) mass is 395 g/mol. The zero-order valence-corrected chi connectivity index (χ0v) is 17.4. The molecule has 0 aliphatic carbocycles. The second kappa shape index (κ2) is 10.1. The third-order valence-corrected chi connectivity index (χ3v) is 7.68. The molecule has 2 atom stereocenters. The maximum Gasteiger partial charge on any atom is 0.222 e. The first-order chi connectivity index (χ1) is 11.3. The summed E-state index contributed by atoms with van der Waals surface area (Å²) in [4.78, 5) is 14.5. The molecule has 1 amide bonds. The molecule has 8 heteroatoms. The van der Waals surface area contributed by atoms with E-state index in [1.54, 1.807) is 14.0 Å².